The zero-order valence-corrected chi connectivity index (χ0v) is 20.3. The van der Waals surface area contributed by atoms with Gasteiger partial charge in [0.2, 0.25) is 11.9 Å². The van der Waals surface area contributed by atoms with Crippen molar-refractivity contribution in [2.45, 2.75) is 44.5 Å². The molecule has 1 aliphatic rings. The van der Waals surface area contributed by atoms with Crippen LogP contribution in [0.3, 0.4) is 0 Å². The van der Waals surface area contributed by atoms with Crippen molar-refractivity contribution in [1.29, 1.82) is 0 Å². The monoisotopic (exact) mass is 501 g/mol. The number of carbonyl (C=O) groups is 1. The number of benzene rings is 2. The summed E-state index contributed by atoms with van der Waals surface area (Å²) >= 11 is 0. The summed E-state index contributed by atoms with van der Waals surface area (Å²) in [5, 5.41) is 7.34. The van der Waals surface area contributed by atoms with Crippen LogP contribution >= 0.6 is 0 Å². The summed E-state index contributed by atoms with van der Waals surface area (Å²) in [6, 6.07) is 13.9. The Morgan fingerprint density at radius 2 is 1.72 bits per heavy atom. The standard InChI is InChI=1S/C26H30F3N5O2/c1-34(2)24-20-8-4-5-9-21(20)32-25(33-24)31-19-13-11-17(12-14-19)16-30-23(35)15-18-7-3-6-10-22(18)36-26(27,28)29/h3-10,17,19H,11-16H2,1-2H3,(H,30,35)(H,31,32,33)/t17-,19+. The van der Waals surface area contributed by atoms with E-state index in [4.69, 9.17) is 4.98 Å². The average Bonchev–Trinajstić information content (AvgIpc) is 2.83. The highest BCUT2D eigenvalue weighted by atomic mass is 19.4. The highest BCUT2D eigenvalue weighted by Gasteiger charge is 2.32. The molecule has 192 valence electrons. The Morgan fingerprint density at radius 3 is 2.44 bits per heavy atom. The minimum Gasteiger partial charge on any atom is -0.405 e. The third-order valence-electron chi connectivity index (χ3n) is 6.32. The number of fused-ring (bicyclic) bond motifs is 1. The van der Waals surface area contributed by atoms with Gasteiger partial charge in [-0.3, -0.25) is 4.79 Å². The lowest BCUT2D eigenvalue weighted by molar-refractivity contribution is -0.274. The number of hydrogen-bond donors (Lipinski definition) is 2. The topological polar surface area (TPSA) is 79.4 Å². The maximum absolute atomic E-state index is 12.6. The van der Waals surface area contributed by atoms with Crippen molar-refractivity contribution in [1.82, 2.24) is 15.3 Å². The molecule has 2 aromatic carbocycles. The molecule has 1 aromatic heterocycles. The smallest absolute Gasteiger partial charge is 0.405 e. The molecule has 10 heteroatoms. The molecule has 0 aliphatic heterocycles. The van der Waals surface area contributed by atoms with Gasteiger partial charge >= 0.3 is 6.36 Å². The Bertz CT molecular complexity index is 1190. The number of halogens is 3. The van der Waals surface area contributed by atoms with Gasteiger partial charge in [-0.15, -0.1) is 13.2 Å². The summed E-state index contributed by atoms with van der Waals surface area (Å²) in [6.45, 7) is 0.491. The van der Waals surface area contributed by atoms with Crippen LogP contribution in [-0.4, -0.2) is 48.9 Å². The third kappa shape index (κ3) is 6.77. The fraction of sp³-hybridized carbons (Fsp3) is 0.423. The van der Waals surface area contributed by atoms with Gasteiger partial charge in [0.05, 0.1) is 11.9 Å². The van der Waals surface area contributed by atoms with Crippen LogP contribution in [0.5, 0.6) is 5.75 Å². The molecule has 1 fully saturated rings. The van der Waals surface area contributed by atoms with Crippen molar-refractivity contribution in [3.8, 4) is 5.75 Å². The van der Waals surface area contributed by atoms with Crippen molar-refractivity contribution >= 4 is 28.6 Å². The maximum atomic E-state index is 12.6. The number of hydrogen-bond acceptors (Lipinski definition) is 6. The lowest BCUT2D eigenvalue weighted by atomic mass is 9.86. The van der Waals surface area contributed by atoms with Gasteiger partial charge in [0.1, 0.15) is 11.6 Å². The van der Waals surface area contributed by atoms with Crippen molar-refractivity contribution in [3.63, 3.8) is 0 Å². The Balaban J connectivity index is 1.27. The molecule has 1 aliphatic carbocycles. The van der Waals surface area contributed by atoms with Gasteiger partial charge in [-0.2, -0.15) is 4.98 Å². The van der Waals surface area contributed by atoms with Crippen molar-refractivity contribution < 1.29 is 22.7 Å². The number of aromatic nitrogens is 2. The van der Waals surface area contributed by atoms with E-state index < -0.39 is 6.36 Å². The van der Waals surface area contributed by atoms with E-state index in [1.54, 1.807) is 6.07 Å². The van der Waals surface area contributed by atoms with E-state index in [1.165, 1.54) is 18.2 Å². The molecular weight excluding hydrogens is 471 g/mol. The molecule has 0 saturated heterocycles. The Labute approximate surface area is 208 Å². The first kappa shape index (κ1) is 25.5. The van der Waals surface area contributed by atoms with E-state index in [1.807, 2.05) is 43.3 Å². The van der Waals surface area contributed by atoms with E-state index in [9.17, 15) is 18.0 Å². The van der Waals surface area contributed by atoms with E-state index in [2.05, 4.69) is 20.4 Å². The first-order valence-corrected chi connectivity index (χ1v) is 12.0. The van der Waals surface area contributed by atoms with Gasteiger partial charge in [-0.25, -0.2) is 4.98 Å². The lowest BCUT2D eigenvalue weighted by Gasteiger charge is -2.29. The molecule has 0 unspecified atom stereocenters. The molecule has 0 atom stereocenters. The Hall–Kier alpha value is -3.56. The number of ether oxygens (including phenoxy) is 1. The van der Waals surface area contributed by atoms with Crippen LogP contribution in [0.1, 0.15) is 31.2 Å². The first-order valence-electron chi connectivity index (χ1n) is 12.0. The van der Waals surface area contributed by atoms with Gasteiger partial charge in [0.15, 0.2) is 0 Å². The molecule has 4 rings (SSSR count). The summed E-state index contributed by atoms with van der Waals surface area (Å²) in [7, 11) is 3.92. The zero-order valence-electron chi connectivity index (χ0n) is 20.3. The number of nitrogens with one attached hydrogen (secondary N) is 2. The number of anilines is 2. The summed E-state index contributed by atoms with van der Waals surface area (Å²) in [6.07, 6.45) is -1.31. The fourth-order valence-electron chi connectivity index (χ4n) is 4.53. The van der Waals surface area contributed by atoms with Gasteiger partial charge in [-0.1, -0.05) is 30.3 Å². The van der Waals surface area contributed by atoms with Crippen LogP contribution < -0.4 is 20.3 Å². The minimum absolute atomic E-state index is 0.170. The second kappa shape index (κ2) is 11.0. The maximum Gasteiger partial charge on any atom is 0.573 e. The highest BCUT2D eigenvalue weighted by Crippen LogP contribution is 2.29. The predicted octanol–water partition coefficient (Wildman–Crippen LogP) is 4.92. The molecule has 0 bridgehead atoms. The molecule has 1 saturated carbocycles. The number of amides is 1. The SMILES string of the molecule is CN(C)c1nc(N[C@H]2CC[C@@H](CNC(=O)Cc3ccccc3OC(F)(F)F)CC2)nc2ccccc12. The quantitative estimate of drug-likeness (QED) is 0.456. The first-order chi connectivity index (χ1) is 17.2. The largest absolute Gasteiger partial charge is 0.573 e. The minimum atomic E-state index is -4.80. The fourth-order valence-corrected chi connectivity index (χ4v) is 4.53. The van der Waals surface area contributed by atoms with Crippen molar-refractivity contribution in [3.05, 3.63) is 54.1 Å². The third-order valence-corrected chi connectivity index (χ3v) is 6.32. The van der Waals surface area contributed by atoms with E-state index in [-0.39, 0.29) is 29.7 Å². The lowest BCUT2D eigenvalue weighted by Crippen LogP contribution is -2.35. The second-order valence-electron chi connectivity index (χ2n) is 9.28. The molecule has 7 nitrogen and oxygen atoms in total. The van der Waals surface area contributed by atoms with E-state index >= 15 is 0 Å². The molecular formula is C26H30F3N5O2. The molecule has 36 heavy (non-hydrogen) atoms. The van der Waals surface area contributed by atoms with Gasteiger partial charge in [-0.05, 0) is 49.8 Å². The number of para-hydroxylation sites is 2. The zero-order chi connectivity index (χ0) is 25.7. The molecule has 3 aromatic rings. The van der Waals surface area contributed by atoms with Crippen molar-refractivity contribution in [2.24, 2.45) is 5.92 Å². The van der Waals surface area contributed by atoms with E-state index in [0.717, 1.165) is 42.4 Å². The molecule has 0 spiro atoms. The number of nitrogens with zero attached hydrogens (tertiary/aromatic N) is 3. The highest BCUT2D eigenvalue weighted by molar-refractivity contribution is 5.90. The summed E-state index contributed by atoms with van der Waals surface area (Å²) in [4.78, 5) is 23.7. The Kier molecular flexibility index (Phi) is 7.81. The molecule has 2 N–H and O–H groups in total. The normalized spacial score (nSPS) is 18.0. The van der Waals surface area contributed by atoms with Crippen LogP contribution in [0.15, 0.2) is 48.5 Å². The van der Waals surface area contributed by atoms with Gasteiger partial charge < -0.3 is 20.3 Å². The van der Waals surface area contributed by atoms with Crippen LogP contribution in [0.2, 0.25) is 0 Å². The van der Waals surface area contributed by atoms with Crippen LogP contribution in [0.4, 0.5) is 24.9 Å². The summed E-state index contributed by atoms with van der Waals surface area (Å²) < 4.78 is 41.8. The summed E-state index contributed by atoms with van der Waals surface area (Å²) in [5.74, 6) is 1.11. The number of alkyl halides is 3. The predicted molar refractivity (Wildman–Crippen MR) is 133 cm³/mol. The molecule has 0 radical (unpaired) electrons. The van der Waals surface area contributed by atoms with Crippen LogP contribution in [-0.2, 0) is 11.2 Å². The van der Waals surface area contributed by atoms with Crippen LogP contribution in [0.25, 0.3) is 10.9 Å². The van der Waals surface area contributed by atoms with Crippen LogP contribution in [0, 0.1) is 5.92 Å². The van der Waals surface area contributed by atoms with Gasteiger partial charge in [0, 0.05) is 37.6 Å². The average molecular weight is 502 g/mol. The molecule has 1 amide bonds. The van der Waals surface area contributed by atoms with Gasteiger partial charge in [0.25, 0.3) is 0 Å². The number of carbonyl (C=O) groups excluding carboxylic acids is 1. The summed E-state index contributed by atoms with van der Waals surface area (Å²) in [5.41, 5.74) is 1.09. The second-order valence-corrected chi connectivity index (χ2v) is 9.28. The molecule has 1 heterocycles. The van der Waals surface area contributed by atoms with E-state index in [0.29, 0.717) is 18.4 Å². The van der Waals surface area contributed by atoms with Crippen molar-refractivity contribution in [2.75, 3.05) is 30.9 Å². The number of rotatable bonds is 8. The Morgan fingerprint density at radius 1 is 1.03 bits per heavy atom.